The minimum Gasteiger partial charge on any atom is -0.383 e. The predicted octanol–water partition coefficient (Wildman–Crippen LogP) is 1.61. The van der Waals surface area contributed by atoms with Crippen LogP contribution in [0.4, 0.5) is 0 Å². The highest BCUT2D eigenvalue weighted by Gasteiger charge is 2.21. The summed E-state index contributed by atoms with van der Waals surface area (Å²) in [5.41, 5.74) is 0.804. The highest BCUT2D eigenvalue weighted by molar-refractivity contribution is 6.04. The van der Waals surface area contributed by atoms with Gasteiger partial charge in [0.25, 0.3) is 11.5 Å². The van der Waals surface area contributed by atoms with Crippen LogP contribution in [-0.4, -0.2) is 46.2 Å². The van der Waals surface area contributed by atoms with Gasteiger partial charge >= 0.3 is 0 Å². The summed E-state index contributed by atoms with van der Waals surface area (Å²) in [5, 5.41) is 7.36. The molecule has 2 aromatic heterocycles. The standard InChI is InChI=1S/C18H18N4O3/c1-25-10-9-22(12-13-5-4-8-19-11-13)18(24)16-14-6-2-3-7-15(14)17(23)21-20-16/h2-8,11H,9-10,12H2,1H3,(H,21,23). The van der Waals surface area contributed by atoms with Gasteiger partial charge in [0.05, 0.1) is 12.0 Å². The Morgan fingerprint density at radius 3 is 2.72 bits per heavy atom. The maximum atomic E-state index is 13.0. The summed E-state index contributed by atoms with van der Waals surface area (Å²) < 4.78 is 5.11. The van der Waals surface area contributed by atoms with Crippen molar-refractivity contribution >= 4 is 16.7 Å². The topological polar surface area (TPSA) is 88.2 Å². The van der Waals surface area contributed by atoms with Crippen LogP contribution in [0.2, 0.25) is 0 Å². The fraction of sp³-hybridized carbons (Fsp3) is 0.222. The second-order valence-corrected chi connectivity index (χ2v) is 5.53. The van der Waals surface area contributed by atoms with E-state index in [0.717, 1.165) is 5.56 Å². The minimum absolute atomic E-state index is 0.218. The second-order valence-electron chi connectivity index (χ2n) is 5.53. The third-order valence-corrected chi connectivity index (χ3v) is 3.85. The lowest BCUT2D eigenvalue weighted by Gasteiger charge is -2.22. The first-order valence-electron chi connectivity index (χ1n) is 7.85. The lowest BCUT2D eigenvalue weighted by atomic mass is 10.1. The molecule has 2 heterocycles. The molecule has 3 rings (SSSR count). The summed E-state index contributed by atoms with van der Waals surface area (Å²) >= 11 is 0. The molecule has 0 spiro atoms. The molecule has 0 atom stereocenters. The lowest BCUT2D eigenvalue weighted by Crippen LogP contribution is -2.35. The molecule has 0 saturated carbocycles. The van der Waals surface area contributed by atoms with Crippen molar-refractivity contribution in [2.45, 2.75) is 6.54 Å². The molecule has 0 aliphatic carbocycles. The Bertz CT molecular complexity index is 924. The molecule has 0 saturated heterocycles. The van der Waals surface area contributed by atoms with Crippen LogP contribution in [0.5, 0.6) is 0 Å². The largest absolute Gasteiger partial charge is 0.383 e. The normalized spacial score (nSPS) is 10.8. The van der Waals surface area contributed by atoms with Crippen LogP contribution >= 0.6 is 0 Å². The summed E-state index contributed by atoms with van der Waals surface area (Å²) in [6, 6.07) is 10.7. The number of amides is 1. The first-order chi connectivity index (χ1) is 12.2. The van der Waals surface area contributed by atoms with Crippen LogP contribution < -0.4 is 5.56 Å². The van der Waals surface area contributed by atoms with Gasteiger partial charge in [0, 0.05) is 38.0 Å². The van der Waals surface area contributed by atoms with Gasteiger partial charge in [0.15, 0.2) is 5.69 Å². The molecule has 1 N–H and O–H groups in total. The molecule has 3 aromatic rings. The number of pyridine rings is 1. The first kappa shape index (κ1) is 16.8. The zero-order valence-corrected chi connectivity index (χ0v) is 13.8. The van der Waals surface area contributed by atoms with E-state index in [0.29, 0.717) is 30.5 Å². The van der Waals surface area contributed by atoms with Crippen molar-refractivity contribution < 1.29 is 9.53 Å². The van der Waals surface area contributed by atoms with E-state index in [9.17, 15) is 9.59 Å². The van der Waals surface area contributed by atoms with Crippen molar-refractivity contribution in [2.24, 2.45) is 0 Å². The van der Waals surface area contributed by atoms with E-state index in [1.54, 1.807) is 48.7 Å². The summed E-state index contributed by atoms with van der Waals surface area (Å²) in [7, 11) is 1.58. The molecule has 128 valence electrons. The van der Waals surface area contributed by atoms with Gasteiger partial charge in [0.2, 0.25) is 0 Å². The maximum absolute atomic E-state index is 13.0. The van der Waals surface area contributed by atoms with Crippen LogP contribution in [-0.2, 0) is 11.3 Å². The Balaban J connectivity index is 1.97. The van der Waals surface area contributed by atoms with Crippen LogP contribution in [0.15, 0.2) is 53.6 Å². The lowest BCUT2D eigenvalue weighted by molar-refractivity contribution is 0.0675. The number of carbonyl (C=O) groups is 1. The van der Waals surface area contributed by atoms with Gasteiger partial charge in [-0.3, -0.25) is 14.6 Å². The molecule has 25 heavy (non-hydrogen) atoms. The first-order valence-corrected chi connectivity index (χ1v) is 7.85. The van der Waals surface area contributed by atoms with Gasteiger partial charge < -0.3 is 9.64 Å². The number of ether oxygens (including phenoxy) is 1. The number of nitrogens with one attached hydrogen (secondary N) is 1. The molecule has 0 aliphatic rings. The summed E-state index contributed by atoms with van der Waals surface area (Å²) in [4.78, 5) is 30.7. The summed E-state index contributed by atoms with van der Waals surface area (Å²) in [5.74, 6) is -0.270. The van der Waals surface area contributed by atoms with Crippen LogP contribution in [0.25, 0.3) is 10.8 Å². The fourth-order valence-electron chi connectivity index (χ4n) is 2.59. The van der Waals surface area contributed by atoms with Gasteiger partial charge in [-0.05, 0) is 17.7 Å². The number of carbonyl (C=O) groups excluding carboxylic acids is 1. The number of methoxy groups -OCH3 is 1. The SMILES string of the molecule is COCCN(Cc1cccnc1)C(=O)c1n[nH]c(=O)c2ccccc12. The van der Waals surface area contributed by atoms with E-state index >= 15 is 0 Å². The molecular weight excluding hydrogens is 320 g/mol. The van der Waals surface area contributed by atoms with Crippen molar-refractivity contribution in [2.75, 3.05) is 20.3 Å². The summed E-state index contributed by atoms with van der Waals surface area (Å²) in [6.45, 7) is 1.18. The second kappa shape index (κ2) is 7.67. The van der Waals surface area contributed by atoms with E-state index in [4.69, 9.17) is 4.74 Å². The Labute approximate surface area is 144 Å². The Kier molecular flexibility index (Phi) is 5.15. The van der Waals surface area contributed by atoms with Crippen molar-refractivity contribution in [3.63, 3.8) is 0 Å². The number of aromatic nitrogens is 3. The summed E-state index contributed by atoms with van der Waals surface area (Å²) in [6.07, 6.45) is 3.40. The maximum Gasteiger partial charge on any atom is 0.275 e. The molecule has 0 unspecified atom stereocenters. The molecule has 0 aliphatic heterocycles. The number of benzene rings is 1. The average Bonchev–Trinajstić information content (AvgIpc) is 2.66. The Morgan fingerprint density at radius 2 is 2.00 bits per heavy atom. The quantitative estimate of drug-likeness (QED) is 0.738. The average molecular weight is 338 g/mol. The number of aromatic amines is 1. The van der Waals surface area contributed by atoms with E-state index in [1.165, 1.54) is 0 Å². The third kappa shape index (κ3) is 3.72. The molecule has 1 aromatic carbocycles. The van der Waals surface area contributed by atoms with E-state index < -0.39 is 0 Å². The zero-order chi connectivity index (χ0) is 17.6. The van der Waals surface area contributed by atoms with Crippen molar-refractivity contribution in [1.29, 1.82) is 0 Å². The van der Waals surface area contributed by atoms with E-state index in [2.05, 4.69) is 15.2 Å². The molecule has 7 heteroatoms. The van der Waals surface area contributed by atoms with Crippen molar-refractivity contribution in [3.05, 3.63) is 70.4 Å². The molecule has 0 bridgehead atoms. The van der Waals surface area contributed by atoms with Crippen LogP contribution in [0.3, 0.4) is 0 Å². The molecule has 7 nitrogen and oxygen atoms in total. The van der Waals surface area contributed by atoms with Gasteiger partial charge in [-0.15, -0.1) is 0 Å². The Morgan fingerprint density at radius 1 is 1.20 bits per heavy atom. The van der Waals surface area contributed by atoms with Gasteiger partial charge in [0.1, 0.15) is 0 Å². The van der Waals surface area contributed by atoms with E-state index in [1.807, 2.05) is 12.1 Å². The van der Waals surface area contributed by atoms with Gasteiger partial charge in [-0.2, -0.15) is 5.10 Å². The van der Waals surface area contributed by atoms with E-state index in [-0.39, 0.29) is 17.2 Å². The molecule has 0 radical (unpaired) electrons. The minimum atomic E-state index is -0.317. The molecule has 1 amide bonds. The number of H-pyrrole nitrogens is 1. The van der Waals surface area contributed by atoms with Crippen molar-refractivity contribution in [1.82, 2.24) is 20.1 Å². The van der Waals surface area contributed by atoms with Crippen LogP contribution in [0.1, 0.15) is 16.1 Å². The third-order valence-electron chi connectivity index (χ3n) is 3.85. The highest BCUT2D eigenvalue weighted by Crippen LogP contribution is 2.15. The van der Waals surface area contributed by atoms with Gasteiger partial charge in [-0.25, -0.2) is 5.10 Å². The fourth-order valence-corrected chi connectivity index (χ4v) is 2.59. The highest BCUT2D eigenvalue weighted by atomic mass is 16.5. The number of rotatable bonds is 6. The van der Waals surface area contributed by atoms with Gasteiger partial charge in [-0.1, -0.05) is 24.3 Å². The molecular formula is C18H18N4O3. The van der Waals surface area contributed by atoms with Crippen LogP contribution in [0, 0.1) is 0 Å². The molecule has 0 fully saturated rings. The number of hydrogen-bond acceptors (Lipinski definition) is 5. The number of fused-ring (bicyclic) bond motifs is 1. The monoisotopic (exact) mass is 338 g/mol. The smallest absolute Gasteiger partial charge is 0.275 e. The van der Waals surface area contributed by atoms with Crippen molar-refractivity contribution in [3.8, 4) is 0 Å². The zero-order valence-electron chi connectivity index (χ0n) is 13.8. The Hall–Kier alpha value is -3.06. The number of hydrogen-bond donors (Lipinski definition) is 1. The number of nitrogens with zero attached hydrogens (tertiary/aromatic N) is 3. The predicted molar refractivity (Wildman–Crippen MR) is 93.2 cm³/mol.